The predicted molar refractivity (Wildman–Crippen MR) is 29.6 cm³/mol. The van der Waals surface area contributed by atoms with Crippen molar-refractivity contribution < 1.29 is 4.80 Å². The van der Waals surface area contributed by atoms with Gasteiger partial charge in [0, 0.05) is 0 Å². The molecule has 0 atom stereocenters. The minimum absolute atomic E-state index is 0.533. The lowest BCUT2D eigenvalue weighted by atomic mass is 15.9. The Bertz CT molecular complexity index is 23.1. The van der Waals surface area contributed by atoms with Crippen LogP contribution in [0.15, 0.2) is 0 Å². The standard InChI is InChI=1S/Cl2H4OSi2/c1-5(2,3)4/h3H,4H3. The van der Waals surface area contributed by atoms with Crippen molar-refractivity contribution in [2.45, 2.75) is 0 Å². The van der Waals surface area contributed by atoms with E-state index in [-0.39, 0.29) is 0 Å². The SMILES string of the molecule is O[Si]([SiH3])(Cl)Cl. The van der Waals surface area contributed by atoms with Crippen molar-refractivity contribution in [1.82, 2.24) is 0 Å². The van der Waals surface area contributed by atoms with Crippen molar-refractivity contribution in [3.05, 3.63) is 0 Å². The summed E-state index contributed by atoms with van der Waals surface area (Å²) in [5.74, 6) is 0. The maximum atomic E-state index is 8.25. The van der Waals surface area contributed by atoms with E-state index in [0.717, 1.165) is 0 Å². The molecule has 5 heteroatoms. The Labute approximate surface area is 43.6 Å². The minimum Gasteiger partial charge on any atom is -0.412 e. The highest BCUT2D eigenvalue weighted by atomic mass is 35.7. The van der Waals surface area contributed by atoms with Gasteiger partial charge >= 0.3 is 6.45 Å². The van der Waals surface area contributed by atoms with E-state index < -0.39 is 6.45 Å². The summed E-state index contributed by atoms with van der Waals surface area (Å²) in [5, 5.41) is 0. The molecule has 5 heavy (non-hydrogen) atoms. The molecule has 0 aromatic rings. The second-order valence-corrected chi connectivity index (χ2v) is 15.7. The van der Waals surface area contributed by atoms with Crippen LogP contribution in [0.2, 0.25) is 0 Å². The molecule has 0 heterocycles. The molecular weight excluding hydrogens is 143 g/mol. The lowest BCUT2D eigenvalue weighted by Gasteiger charge is -1.92. The van der Waals surface area contributed by atoms with Gasteiger partial charge in [-0.3, -0.25) is 0 Å². The van der Waals surface area contributed by atoms with Gasteiger partial charge in [0.25, 0.3) is 0 Å². The predicted octanol–water partition coefficient (Wildman–Crippen LogP) is -0.743. The van der Waals surface area contributed by atoms with Crippen molar-refractivity contribution >= 4 is 38.4 Å². The van der Waals surface area contributed by atoms with Crippen LogP contribution in [-0.4, -0.2) is 21.0 Å². The van der Waals surface area contributed by atoms with Crippen LogP contribution >= 0.6 is 22.2 Å². The molecule has 0 aliphatic carbocycles. The first-order valence-corrected chi connectivity index (χ1v) is 8.57. The average Bonchev–Trinajstić information content (AvgIpc) is 0.722. The van der Waals surface area contributed by atoms with Gasteiger partial charge in [0.1, 0.15) is 0 Å². The first-order chi connectivity index (χ1) is 2.00. The fourth-order valence-electron chi connectivity index (χ4n) is 0. The highest BCUT2D eigenvalue weighted by Crippen LogP contribution is 2.00. The maximum Gasteiger partial charge on any atom is 0.353 e. The quantitative estimate of drug-likeness (QED) is 0.353. The molecule has 1 N–H and O–H groups in total. The summed E-state index contributed by atoms with van der Waals surface area (Å²) in [6.45, 7) is -2.53. The van der Waals surface area contributed by atoms with E-state index in [2.05, 4.69) is 0 Å². The molecule has 0 spiro atoms. The van der Waals surface area contributed by atoms with Crippen molar-refractivity contribution in [2.75, 3.05) is 0 Å². The molecule has 0 saturated heterocycles. The summed E-state index contributed by atoms with van der Waals surface area (Å²) in [7, 11) is 0.533. The van der Waals surface area contributed by atoms with Gasteiger partial charge in [-0.15, -0.1) is 22.2 Å². The molecule has 32 valence electrons. The molecule has 0 unspecified atom stereocenters. The van der Waals surface area contributed by atoms with Crippen LogP contribution in [0, 0.1) is 0 Å². The van der Waals surface area contributed by atoms with Gasteiger partial charge in [-0.2, -0.15) is 0 Å². The Kier molecular flexibility index (Phi) is 1.93. The maximum absolute atomic E-state index is 8.25. The number of rotatable bonds is 0. The Morgan fingerprint density at radius 2 is 1.60 bits per heavy atom. The summed E-state index contributed by atoms with van der Waals surface area (Å²) in [5.41, 5.74) is 0. The van der Waals surface area contributed by atoms with Crippen LogP contribution < -0.4 is 0 Å². The molecule has 0 aromatic carbocycles. The zero-order chi connectivity index (χ0) is 4.50. The van der Waals surface area contributed by atoms with Crippen molar-refractivity contribution in [3.8, 4) is 0 Å². The first-order valence-electron chi connectivity index (χ1n) is 1.10. The van der Waals surface area contributed by atoms with E-state index in [0.29, 0.717) is 9.76 Å². The van der Waals surface area contributed by atoms with Crippen LogP contribution in [0.1, 0.15) is 0 Å². The van der Waals surface area contributed by atoms with E-state index in [1.165, 1.54) is 0 Å². The van der Waals surface area contributed by atoms with E-state index in [9.17, 15) is 0 Å². The molecule has 0 aliphatic rings. The fraction of sp³-hybridized carbons (Fsp3) is 0. The third kappa shape index (κ3) is 46.4. The Hall–Kier alpha value is 0.974. The molecule has 0 fully saturated rings. The number of hydrogen-bond donors (Lipinski definition) is 1. The molecule has 0 rings (SSSR count). The molecule has 1 nitrogen and oxygen atoms in total. The average molecular weight is 147 g/mol. The topological polar surface area (TPSA) is 20.2 Å². The van der Waals surface area contributed by atoms with Crippen molar-refractivity contribution in [2.24, 2.45) is 0 Å². The summed E-state index contributed by atoms with van der Waals surface area (Å²) in [6, 6.07) is 0. The van der Waals surface area contributed by atoms with Crippen molar-refractivity contribution in [1.29, 1.82) is 0 Å². The first kappa shape index (κ1) is 5.97. The van der Waals surface area contributed by atoms with Gasteiger partial charge in [-0.05, 0) is 0 Å². The van der Waals surface area contributed by atoms with Gasteiger partial charge in [-0.1, -0.05) is 0 Å². The van der Waals surface area contributed by atoms with Crippen LogP contribution in [0.3, 0.4) is 0 Å². The zero-order valence-electron chi connectivity index (χ0n) is 2.70. The zero-order valence-corrected chi connectivity index (χ0v) is 7.22. The fourth-order valence-corrected chi connectivity index (χ4v) is 0. The monoisotopic (exact) mass is 146 g/mol. The second-order valence-electron chi connectivity index (χ2n) is 0.842. The molecular formula is H4Cl2OSi2. The highest BCUT2D eigenvalue weighted by Gasteiger charge is 2.13. The second kappa shape index (κ2) is 1.61. The summed E-state index contributed by atoms with van der Waals surface area (Å²) >= 11 is 10.1. The van der Waals surface area contributed by atoms with Gasteiger partial charge in [0.2, 0.25) is 0 Å². The smallest absolute Gasteiger partial charge is 0.353 e. The lowest BCUT2D eigenvalue weighted by molar-refractivity contribution is 0.605. The minimum atomic E-state index is -2.53. The van der Waals surface area contributed by atoms with Gasteiger partial charge in [0.15, 0.2) is 0 Å². The summed E-state index contributed by atoms with van der Waals surface area (Å²) in [6.07, 6.45) is 0. The highest BCUT2D eigenvalue weighted by molar-refractivity contribution is 7.60. The lowest BCUT2D eigenvalue weighted by Crippen LogP contribution is -2.17. The Morgan fingerprint density at radius 3 is 1.60 bits per heavy atom. The van der Waals surface area contributed by atoms with Crippen LogP contribution in [-0.2, 0) is 0 Å². The third-order valence-electron chi connectivity index (χ3n) is 0. The van der Waals surface area contributed by atoms with Crippen LogP contribution in [0.4, 0.5) is 0 Å². The van der Waals surface area contributed by atoms with E-state index in [1.807, 2.05) is 0 Å². The molecule has 0 aromatic heterocycles. The Balaban J connectivity index is 3.02. The molecule has 0 radical (unpaired) electrons. The van der Waals surface area contributed by atoms with Crippen LogP contribution in [0.5, 0.6) is 0 Å². The molecule has 0 amide bonds. The summed E-state index contributed by atoms with van der Waals surface area (Å²) in [4.78, 5) is 8.25. The normalized spacial score (nSPS) is 12.6. The molecule has 0 bridgehead atoms. The van der Waals surface area contributed by atoms with E-state index in [1.54, 1.807) is 0 Å². The van der Waals surface area contributed by atoms with Gasteiger partial charge in [-0.25, -0.2) is 0 Å². The van der Waals surface area contributed by atoms with Crippen molar-refractivity contribution in [3.63, 3.8) is 0 Å². The number of halogens is 2. The van der Waals surface area contributed by atoms with Crippen LogP contribution in [0.25, 0.3) is 0 Å². The van der Waals surface area contributed by atoms with E-state index >= 15 is 0 Å². The van der Waals surface area contributed by atoms with Gasteiger partial charge < -0.3 is 4.80 Å². The largest absolute Gasteiger partial charge is 0.412 e. The Morgan fingerprint density at radius 1 is 1.60 bits per heavy atom. The molecule has 0 saturated carbocycles. The summed E-state index contributed by atoms with van der Waals surface area (Å²) < 4.78 is 0. The van der Waals surface area contributed by atoms with E-state index in [4.69, 9.17) is 27.0 Å². The number of hydrogen-bond acceptors (Lipinski definition) is 1. The molecule has 0 aliphatic heterocycles. The van der Waals surface area contributed by atoms with Gasteiger partial charge in [0.05, 0.1) is 9.76 Å². The third-order valence-corrected chi connectivity index (χ3v) is 0.